The Morgan fingerprint density at radius 3 is 1.62 bits per heavy atom. The first-order valence-electron chi connectivity index (χ1n) is 18.7. The summed E-state index contributed by atoms with van der Waals surface area (Å²) in [6, 6.07) is 42.5. The highest BCUT2D eigenvalue weighted by Crippen LogP contribution is 2.45. The molecule has 0 radical (unpaired) electrons. The van der Waals surface area contributed by atoms with Crippen LogP contribution in [0.4, 0.5) is 0 Å². The molecule has 0 amide bonds. The number of furan rings is 1. The van der Waals surface area contributed by atoms with E-state index in [0.29, 0.717) is 11.1 Å². The molecule has 1 aromatic heterocycles. The van der Waals surface area contributed by atoms with Crippen LogP contribution >= 0.6 is 0 Å². The van der Waals surface area contributed by atoms with Crippen molar-refractivity contribution < 1.29 is 12.6 Å². The van der Waals surface area contributed by atoms with Crippen LogP contribution in [0.25, 0.3) is 98.4 Å². The fourth-order valence-corrected chi connectivity index (χ4v) is 7.12. The Hall–Kier alpha value is -6.18. The standard InChI is InChI=1S/C46H28O/c1-2-10-29(11-3-1)31-18-19-33-27-34(21-20-32(33)26-31)44-38-14-6-8-16-40(38)45(41-17-9-7-15-39(41)44)35-23-24-37-42-25-22-30-12-4-5-13-36(30)46(42)47-43(37)28-35/h1-28H/i18D,19D,20D,21D,26D,27D. The molecule has 0 saturated heterocycles. The summed E-state index contributed by atoms with van der Waals surface area (Å²) in [7, 11) is 0. The summed E-state index contributed by atoms with van der Waals surface area (Å²) >= 11 is 0. The van der Waals surface area contributed by atoms with Crippen molar-refractivity contribution in [3.8, 4) is 33.4 Å². The van der Waals surface area contributed by atoms with Gasteiger partial charge in [0.2, 0.25) is 0 Å². The lowest BCUT2D eigenvalue weighted by atomic mass is 9.85. The van der Waals surface area contributed by atoms with Crippen LogP contribution in [-0.4, -0.2) is 0 Å². The van der Waals surface area contributed by atoms with Gasteiger partial charge in [0, 0.05) is 16.2 Å². The quantitative estimate of drug-likeness (QED) is 0.183. The second-order valence-corrected chi connectivity index (χ2v) is 11.9. The van der Waals surface area contributed by atoms with E-state index >= 15 is 0 Å². The van der Waals surface area contributed by atoms with Crippen LogP contribution in [0.2, 0.25) is 0 Å². The highest BCUT2D eigenvalue weighted by atomic mass is 16.3. The maximum Gasteiger partial charge on any atom is 0.143 e. The number of rotatable bonds is 3. The van der Waals surface area contributed by atoms with Crippen LogP contribution < -0.4 is 0 Å². The van der Waals surface area contributed by atoms with Gasteiger partial charge >= 0.3 is 0 Å². The number of benzene rings is 9. The average molecular weight is 603 g/mol. The van der Waals surface area contributed by atoms with Crippen molar-refractivity contribution in [1.82, 2.24) is 0 Å². The van der Waals surface area contributed by atoms with Crippen molar-refractivity contribution in [1.29, 1.82) is 0 Å². The SMILES string of the molecule is [2H]c1c(-c2c3ccccc3c(-c3ccc4c(c3)oc3c5ccccc5ccc43)c3ccccc23)c([2H])c2c([2H])c([2H])c(-c3ccccc3)c([2H])c2c1[2H]. The van der Waals surface area contributed by atoms with Gasteiger partial charge in [-0.1, -0.05) is 139 Å². The molecule has 1 heteroatoms. The molecule has 0 aliphatic rings. The van der Waals surface area contributed by atoms with E-state index in [-0.39, 0.29) is 58.2 Å². The monoisotopic (exact) mass is 602 g/mol. The highest BCUT2D eigenvalue weighted by Gasteiger charge is 2.18. The minimum absolute atomic E-state index is 0.0378. The molecule has 0 spiro atoms. The summed E-state index contributed by atoms with van der Waals surface area (Å²) in [4.78, 5) is 0. The van der Waals surface area contributed by atoms with Crippen molar-refractivity contribution in [2.24, 2.45) is 0 Å². The predicted octanol–water partition coefficient (Wildman–Crippen LogP) is 13.2. The molecule has 10 rings (SSSR count). The Labute approximate surface area is 280 Å². The van der Waals surface area contributed by atoms with E-state index in [1.54, 1.807) is 24.3 Å². The van der Waals surface area contributed by atoms with Gasteiger partial charge < -0.3 is 4.42 Å². The third-order valence-electron chi connectivity index (χ3n) is 9.27. The first-order valence-corrected chi connectivity index (χ1v) is 15.7. The van der Waals surface area contributed by atoms with Gasteiger partial charge in [0.05, 0.1) is 8.22 Å². The van der Waals surface area contributed by atoms with Crippen LogP contribution in [0.1, 0.15) is 8.22 Å². The van der Waals surface area contributed by atoms with Crippen molar-refractivity contribution >= 4 is 65.0 Å². The zero-order chi connectivity index (χ0) is 36.1. The molecule has 1 heterocycles. The van der Waals surface area contributed by atoms with Gasteiger partial charge in [-0.3, -0.25) is 0 Å². The summed E-state index contributed by atoms with van der Waals surface area (Å²) in [6.45, 7) is 0. The van der Waals surface area contributed by atoms with Crippen molar-refractivity contribution in [3.05, 3.63) is 170 Å². The summed E-state index contributed by atoms with van der Waals surface area (Å²) < 4.78 is 62.1. The molecule has 10 aromatic rings. The topological polar surface area (TPSA) is 13.1 Å². The molecule has 0 bridgehead atoms. The second kappa shape index (κ2) is 10.2. The molecule has 0 saturated carbocycles. The maximum absolute atomic E-state index is 9.59. The van der Waals surface area contributed by atoms with Gasteiger partial charge in [-0.2, -0.15) is 0 Å². The molecule has 0 atom stereocenters. The van der Waals surface area contributed by atoms with Gasteiger partial charge in [0.1, 0.15) is 11.2 Å². The smallest absolute Gasteiger partial charge is 0.143 e. The molecule has 218 valence electrons. The number of hydrogen-bond donors (Lipinski definition) is 0. The van der Waals surface area contributed by atoms with Crippen molar-refractivity contribution in [3.63, 3.8) is 0 Å². The molecule has 0 aliphatic carbocycles. The molecule has 0 fully saturated rings. The lowest BCUT2D eigenvalue weighted by Gasteiger charge is -2.18. The normalized spacial score (nSPS) is 13.6. The fourth-order valence-electron chi connectivity index (χ4n) is 7.12. The van der Waals surface area contributed by atoms with Crippen LogP contribution in [0, 0.1) is 0 Å². The molecule has 0 N–H and O–H groups in total. The molecule has 9 aromatic carbocycles. The largest absolute Gasteiger partial charge is 0.455 e. The fraction of sp³-hybridized carbons (Fsp3) is 0. The molecular formula is C46H28O. The number of hydrogen-bond acceptors (Lipinski definition) is 1. The number of fused-ring (bicyclic) bond motifs is 8. The maximum atomic E-state index is 9.59. The van der Waals surface area contributed by atoms with E-state index in [0.717, 1.165) is 65.4 Å². The minimum atomic E-state index is -0.234. The van der Waals surface area contributed by atoms with E-state index < -0.39 is 0 Å². The van der Waals surface area contributed by atoms with E-state index in [4.69, 9.17) is 8.53 Å². The summed E-state index contributed by atoms with van der Waals surface area (Å²) in [6.07, 6.45) is 0. The lowest BCUT2D eigenvalue weighted by molar-refractivity contribution is 0.673. The minimum Gasteiger partial charge on any atom is -0.455 e. The zero-order valence-corrected chi connectivity index (χ0v) is 25.1. The first-order chi connectivity index (χ1) is 25.8. The molecular weight excluding hydrogens is 569 g/mol. The van der Waals surface area contributed by atoms with Gasteiger partial charge in [-0.15, -0.1) is 0 Å². The molecule has 1 nitrogen and oxygen atoms in total. The Balaban J connectivity index is 1.27. The summed E-state index contributed by atoms with van der Waals surface area (Å²) in [5.74, 6) is 0. The van der Waals surface area contributed by atoms with Gasteiger partial charge in [0.25, 0.3) is 0 Å². The first kappa shape index (κ1) is 20.8. The van der Waals surface area contributed by atoms with Crippen LogP contribution in [0.3, 0.4) is 0 Å². The Morgan fingerprint density at radius 1 is 0.362 bits per heavy atom. The van der Waals surface area contributed by atoms with Gasteiger partial charge in [-0.25, -0.2) is 0 Å². The van der Waals surface area contributed by atoms with E-state index in [1.807, 2.05) is 66.7 Å². The Kier molecular flexibility index (Phi) is 4.49. The van der Waals surface area contributed by atoms with Crippen LogP contribution in [-0.2, 0) is 0 Å². The van der Waals surface area contributed by atoms with Crippen molar-refractivity contribution in [2.75, 3.05) is 0 Å². The third-order valence-corrected chi connectivity index (χ3v) is 9.27. The molecule has 0 unspecified atom stereocenters. The lowest BCUT2D eigenvalue weighted by Crippen LogP contribution is -1.91. The van der Waals surface area contributed by atoms with Crippen LogP contribution in [0.5, 0.6) is 0 Å². The van der Waals surface area contributed by atoms with Crippen LogP contribution in [0.15, 0.2) is 174 Å². The predicted molar refractivity (Wildman–Crippen MR) is 200 cm³/mol. The van der Waals surface area contributed by atoms with Gasteiger partial charge in [0.15, 0.2) is 0 Å². The van der Waals surface area contributed by atoms with E-state index in [2.05, 4.69) is 42.5 Å². The van der Waals surface area contributed by atoms with E-state index in [9.17, 15) is 4.11 Å². The summed E-state index contributed by atoms with van der Waals surface area (Å²) in [5.41, 5.74) is 5.19. The van der Waals surface area contributed by atoms with Crippen molar-refractivity contribution in [2.45, 2.75) is 0 Å². The van der Waals surface area contributed by atoms with E-state index in [1.165, 1.54) is 0 Å². The molecule has 47 heavy (non-hydrogen) atoms. The Morgan fingerprint density at radius 2 is 0.915 bits per heavy atom. The Bertz CT molecular complexity index is 3130. The summed E-state index contributed by atoms with van der Waals surface area (Å²) in [5, 5.41) is 7.74. The zero-order valence-electron chi connectivity index (χ0n) is 31.1. The molecule has 0 aliphatic heterocycles. The van der Waals surface area contributed by atoms with Gasteiger partial charge in [-0.05, 0) is 101 Å². The second-order valence-electron chi connectivity index (χ2n) is 11.9. The average Bonchev–Trinajstić information content (AvgIpc) is 3.57. The highest BCUT2D eigenvalue weighted by molar-refractivity contribution is 6.23. The third kappa shape index (κ3) is 4.03.